The van der Waals surface area contributed by atoms with E-state index in [-0.39, 0.29) is 0 Å². The van der Waals surface area contributed by atoms with Crippen molar-refractivity contribution in [3.8, 4) is 0 Å². The zero-order chi connectivity index (χ0) is 17.1. The first-order valence-corrected chi connectivity index (χ1v) is 9.30. The van der Waals surface area contributed by atoms with Crippen molar-refractivity contribution in [2.75, 3.05) is 20.8 Å². The Balaban J connectivity index is 2.04. The van der Waals surface area contributed by atoms with Crippen LogP contribution in [0.4, 0.5) is 13.2 Å². The molecule has 0 aliphatic heterocycles. The molecule has 0 unspecified atom stereocenters. The van der Waals surface area contributed by atoms with Crippen LogP contribution in [0.25, 0.3) is 0 Å². The van der Waals surface area contributed by atoms with E-state index in [1.54, 1.807) is 14.2 Å². The van der Waals surface area contributed by atoms with Crippen LogP contribution in [0.1, 0.15) is 44.1 Å². The van der Waals surface area contributed by atoms with Crippen molar-refractivity contribution in [2.24, 2.45) is 0 Å². The van der Waals surface area contributed by atoms with E-state index in [1.165, 1.54) is 0 Å². The van der Waals surface area contributed by atoms with E-state index in [0.717, 1.165) is 50.7 Å². The highest BCUT2D eigenvalue weighted by molar-refractivity contribution is 6.36. The number of benzene rings is 1. The van der Waals surface area contributed by atoms with E-state index in [4.69, 9.17) is 13.3 Å². The van der Waals surface area contributed by atoms with Crippen LogP contribution in [0.5, 0.6) is 0 Å². The SMILES string of the molecule is CO[SiH](OC)OCCCCCCCCc1cc(F)c(F)c(F)c1. The average molecular weight is 350 g/mol. The summed E-state index contributed by atoms with van der Waals surface area (Å²) in [5.74, 6) is -3.63. The highest BCUT2D eigenvalue weighted by Gasteiger charge is 2.10. The summed E-state index contributed by atoms with van der Waals surface area (Å²) in [4.78, 5) is 0. The molecular formula is C16H25F3O3Si. The standard InChI is InChI=1S/C16H25F3O3Si/c1-20-23(21-2)22-10-8-6-4-3-5-7-9-13-11-14(17)16(19)15(18)12-13/h11-12,23H,3-10H2,1-2H3. The molecule has 0 atom stereocenters. The van der Waals surface area contributed by atoms with E-state index < -0.39 is 27.0 Å². The second-order valence-electron chi connectivity index (χ2n) is 5.38. The first-order chi connectivity index (χ1) is 11.1. The van der Waals surface area contributed by atoms with Gasteiger partial charge >= 0.3 is 9.53 Å². The quantitative estimate of drug-likeness (QED) is 0.324. The Morgan fingerprint density at radius 2 is 1.35 bits per heavy atom. The van der Waals surface area contributed by atoms with Gasteiger partial charge in [0.2, 0.25) is 0 Å². The number of aryl methyl sites for hydroxylation is 1. The van der Waals surface area contributed by atoms with Crippen molar-refractivity contribution in [3.05, 3.63) is 35.1 Å². The predicted molar refractivity (Wildman–Crippen MR) is 84.8 cm³/mol. The summed E-state index contributed by atoms with van der Waals surface area (Å²) in [6, 6.07) is 2.14. The lowest BCUT2D eigenvalue weighted by atomic mass is 10.0. The minimum atomic E-state index is -1.90. The molecule has 0 fully saturated rings. The highest BCUT2D eigenvalue weighted by Crippen LogP contribution is 2.16. The number of halogens is 3. The van der Waals surface area contributed by atoms with Gasteiger partial charge in [0.25, 0.3) is 0 Å². The number of hydrogen-bond acceptors (Lipinski definition) is 3. The van der Waals surface area contributed by atoms with E-state index >= 15 is 0 Å². The third-order valence-corrected chi connectivity index (χ3v) is 4.82. The number of hydrogen-bond donors (Lipinski definition) is 0. The van der Waals surface area contributed by atoms with Gasteiger partial charge in [-0.15, -0.1) is 0 Å². The maximum atomic E-state index is 13.1. The topological polar surface area (TPSA) is 27.7 Å². The molecule has 0 aliphatic rings. The monoisotopic (exact) mass is 350 g/mol. The molecule has 0 aromatic heterocycles. The van der Waals surface area contributed by atoms with Crippen molar-refractivity contribution in [3.63, 3.8) is 0 Å². The van der Waals surface area contributed by atoms with E-state index in [1.807, 2.05) is 0 Å². The van der Waals surface area contributed by atoms with Gasteiger partial charge < -0.3 is 13.3 Å². The van der Waals surface area contributed by atoms with Gasteiger partial charge in [0, 0.05) is 20.8 Å². The van der Waals surface area contributed by atoms with Gasteiger partial charge in [0.1, 0.15) is 0 Å². The van der Waals surface area contributed by atoms with Gasteiger partial charge in [-0.3, -0.25) is 0 Å². The predicted octanol–water partition coefficient (Wildman–Crippen LogP) is 4.01. The Morgan fingerprint density at radius 1 is 0.826 bits per heavy atom. The summed E-state index contributed by atoms with van der Waals surface area (Å²) in [5.41, 5.74) is 0.505. The van der Waals surface area contributed by atoms with Gasteiger partial charge in [-0.1, -0.05) is 25.7 Å². The fourth-order valence-corrected chi connectivity index (χ4v) is 3.13. The second-order valence-corrected chi connectivity index (χ2v) is 7.23. The van der Waals surface area contributed by atoms with E-state index in [9.17, 15) is 13.2 Å². The summed E-state index contributed by atoms with van der Waals surface area (Å²) < 4.78 is 54.5. The zero-order valence-electron chi connectivity index (χ0n) is 13.7. The number of unbranched alkanes of at least 4 members (excludes halogenated alkanes) is 5. The fraction of sp³-hybridized carbons (Fsp3) is 0.625. The highest BCUT2D eigenvalue weighted by atomic mass is 28.3. The minimum Gasteiger partial charge on any atom is -0.379 e. The summed E-state index contributed by atoms with van der Waals surface area (Å²) in [6.07, 6.45) is 6.55. The van der Waals surface area contributed by atoms with Gasteiger partial charge in [0.15, 0.2) is 17.5 Å². The van der Waals surface area contributed by atoms with Gasteiger partial charge in [-0.25, -0.2) is 13.2 Å². The maximum absolute atomic E-state index is 13.1. The Labute approximate surface area is 137 Å². The van der Waals surface area contributed by atoms with E-state index in [2.05, 4.69) is 0 Å². The van der Waals surface area contributed by atoms with Crippen LogP contribution < -0.4 is 0 Å². The van der Waals surface area contributed by atoms with Gasteiger partial charge in [-0.05, 0) is 37.0 Å². The molecule has 0 aliphatic carbocycles. The normalized spacial score (nSPS) is 11.4. The third-order valence-electron chi connectivity index (χ3n) is 3.54. The van der Waals surface area contributed by atoms with Crippen LogP contribution in [0, 0.1) is 17.5 Å². The molecule has 0 saturated heterocycles. The van der Waals surface area contributed by atoms with Crippen molar-refractivity contribution in [2.45, 2.75) is 44.9 Å². The summed E-state index contributed by atoms with van der Waals surface area (Å²) in [7, 11) is 1.27. The van der Waals surface area contributed by atoms with Crippen LogP contribution >= 0.6 is 0 Å². The van der Waals surface area contributed by atoms with Gasteiger partial charge in [-0.2, -0.15) is 0 Å². The molecule has 23 heavy (non-hydrogen) atoms. The van der Waals surface area contributed by atoms with Crippen LogP contribution in [-0.4, -0.2) is 30.4 Å². The smallest absolute Gasteiger partial charge is 0.379 e. The lowest BCUT2D eigenvalue weighted by molar-refractivity contribution is 0.133. The van der Waals surface area contributed by atoms with Gasteiger partial charge in [0.05, 0.1) is 0 Å². The summed E-state index contributed by atoms with van der Waals surface area (Å²) in [5, 5.41) is 0. The van der Waals surface area contributed by atoms with Crippen LogP contribution in [-0.2, 0) is 19.7 Å². The van der Waals surface area contributed by atoms with Crippen molar-refractivity contribution >= 4 is 9.53 Å². The molecule has 0 N–H and O–H groups in total. The summed E-state index contributed by atoms with van der Waals surface area (Å²) in [6.45, 7) is 0.646. The summed E-state index contributed by atoms with van der Waals surface area (Å²) >= 11 is 0. The molecule has 7 heteroatoms. The van der Waals surface area contributed by atoms with Crippen molar-refractivity contribution in [1.29, 1.82) is 0 Å². The minimum absolute atomic E-state index is 0.505. The average Bonchev–Trinajstić information content (AvgIpc) is 2.54. The lowest BCUT2D eigenvalue weighted by Crippen LogP contribution is -2.24. The van der Waals surface area contributed by atoms with Crippen LogP contribution in [0.3, 0.4) is 0 Å². The molecule has 0 saturated carbocycles. The van der Waals surface area contributed by atoms with Crippen molar-refractivity contribution < 1.29 is 26.4 Å². The Morgan fingerprint density at radius 3 is 1.91 bits per heavy atom. The Bertz CT molecular complexity index is 433. The number of rotatable bonds is 12. The third kappa shape index (κ3) is 7.96. The van der Waals surface area contributed by atoms with Crippen LogP contribution in [0.2, 0.25) is 0 Å². The largest absolute Gasteiger partial charge is 0.483 e. The molecule has 0 spiro atoms. The molecule has 132 valence electrons. The molecule has 0 amide bonds. The molecule has 3 nitrogen and oxygen atoms in total. The first kappa shape index (κ1) is 20.2. The second kappa shape index (κ2) is 11.6. The fourth-order valence-electron chi connectivity index (χ4n) is 2.30. The zero-order valence-corrected chi connectivity index (χ0v) is 14.9. The molecule has 1 aromatic rings. The van der Waals surface area contributed by atoms with Crippen molar-refractivity contribution in [1.82, 2.24) is 0 Å². The van der Waals surface area contributed by atoms with E-state index in [0.29, 0.717) is 18.6 Å². The Hall–Kier alpha value is -0.893. The Kier molecular flexibility index (Phi) is 10.2. The molecule has 0 radical (unpaired) electrons. The molecular weight excluding hydrogens is 325 g/mol. The maximum Gasteiger partial charge on any atom is 0.483 e. The molecule has 0 bridgehead atoms. The molecule has 1 rings (SSSR count). The molecule has 0 heterocycles. The molecule has 1 aromatic carbocycles. The lowest BCUT2D eigenvalue weighted by Gasteiger charge is -2.11. The van der Waals surface area contributed by atoms with Crippen LogP contribution in [0.15, 0.2) is 12.1 Å². The first-order valence-electron chi connectivity index (χ1n) is 7.89.